The lowest BCUT2D eigenvalue weighted by Crippen LogP contribution is -2.22. The number of hydrogen-bond donors (Lipinski definition) is 1. The van der Waals surface area contributed by atoms with Gasteiger partial charge in [0.05, 0.1) is 4.90 Å². The van der Waals surface area contributed by atoms with E-state index in [1.165, 1.54) is 11.8 Å². The van der Waals surface area contributed by atoms with Crippen LogP contribution in [0.2, 0.25) is 0 Å². The molecule has 5 heteroatoms. The molecule has 1 aromatic carbocycles. The lowest BCUT2D eigenvalue weighted by Gasteiger charge is -2.15. The summed E-state index contributed by atoms with van der Waals surface area (Å²) in [5.41, 5.74) is 1.25. The average Bonchev–Trinajstić information content (AvgIpc) is 2.37. The Labute approximate surface area is 108 Å². The third-order valence-electron chi connectivity index (χ3n) is 2.82. The summed E-state index contributed by atoms with van der Waals surface area (Å²) in [6.07, 6.45) is 4.29. The Balaban J connectivity index is 2.03. The maximum Gasteiger partial charge on any atom is 0.175 e. The van der Waals surface area contributed by atoms with Gasteiger partial charge in [-0.1, -0.05) is 12.1 Å². The van der Waals surface area contributed by atoms with Crippen LogP contribution in [0.3, 0.4) is 0 Å². The molecule has 1 N–H and O–H groups in total. The minimum absolute atomic E-state index is 0.291. The summed E-state index contributed by atoms with van der Waals surface area (Å²) in [4.78, 5) is 0.291. The fourth-order valence-electron chi connectivity index (χ4n) is 1.77. The molecule has 0 spiro atoms. The van der Waals surface area contributed by atoms with Crippen molar-refractivity contribution in [1.29, 1.82) is 0 Å². The predicted octanol–water partition coefficient (Wildman–Crippen LogP) is 1.39. The van der Waals surface area contributed by atoms with Crippen molar-refractivity contribution in [2.24, 2.45) is 0 Å². The number of ether oxygens (including phenoxy) is 1. The van der Waals surface area contributed by atoms with Crippen LogP contribution in [-0.2, 0) is 9.84 Å². The Hall–Kier alpha value is -1.33. The first kappa shape index (κ1) is 13.1. The molecule has 0 aliphatic carbocycles. The molecular formula is C13H17NO3S. The molecule has 1 aliphatic rings. The summed E-state index contributed by atoms with van der Waals surface area (Å²) in [5, 5.41) is 3.23. The second-order valence-corrected chi connectivity index (χ2v) is 6.37. The van der Waals surface area contributed by atoms with Crippen molar-refractivity contribution < 1.29 is 13.2 Å². The van der Waals surface area contributed by atoms with Gasteiger partial charge < -0.3 is 10.1 Å². The van der Waals surface area contributed by atoms with Gasteiger partial charge in [-0.3, -0.25) is 0 Å². The van der Waals surface area contributed by atoms with Crippen LogP contribution in [0.5, 0.6) is 5.75 Å². The molecule has 98 valence electrons. The van der Waals surface area contributed by atoms with E-state index in [0.717, 1.165) is 19.5 Å². The second kappa shape index (κ2) is 5.54. The summed E-state index contributed by atoms with van der Waals surface area (Å²) < 4.78 is 28.5. The zero-order valence-corrected chi connectivity index (χ0v) is 11.2. The second-order valence-electron chi connectivity index (χ2n) is 4.35. The van der Waals surface area contributed by atoms with Crippen LogP contribution in [0.15, 0.2) is 40.8 Å². The number of nitrogens with one attached hydrogen (secondary N) is 1. The number of hydrogen-bond acceptors (Lipinski definition) is 4. The first-order valence-corrected chi connectivity index (χ1v) is 7.76. The van der Waals surface area contributed by atoms with Gasteiger partial charge in [0.2, 0.25) is 0 Å². The molecule has 1 aliphatic heterocycles. The highest BCUT2D eigenvalue weighted by molar-refractivity contribution is 7.90. The van der Waals surface area contributed by atoms with Crippen LogP contribution in [0.4, 0.5) is 0 Å². The van der Waals surface area contributed by atoms with E-state index in [1.807, 2.05) is 0 Å². The zero-order chi connectivity index (χ0) is 13.0. The first-order chi connectivity index (χ1) is 8.55. The van der Waals surface area contributed by atoms with Crippen LogP contribution in [0.25, 0.3) is 0 Å². The smallest absolute Gasteiger partial charge is 0.175 e. The molecule has 1 aromatic rings. The molecule has 0 saturated carbocycles. The molecule has 0 atom stereocenters. The molecule has 0 fully saturated rings. The van der Waals surface area contributed by atoms with Crippen LogP contribution in [0, 0.1) is 0 Å². The molecule has 0 amide bonds. The molecule has 0 saturated heterocycles. The topological polar surface area (TPSA) is 55.4 Å². The lowest BCUT2D eigenvalue weighted by atomic mass is 10.1. The van der Waals surface area contributed by atoms with Gasteiger partial charge in [0.15, 0.2) is 9.84 Å². The van der Waals surface area contributed by atoms with Gasteiger partial charge in [-0.2, -0.15) is 0 Å². The molecule has 0 unspecified atom stereocenters. The number of benzene rings is 1. The largest absolute Gasteiger partial charge is 0.489 e. The van der Waals surface area contributed by atoms with Gasteiger partial charge in [-0.05, 0) is 36.7 Å². The third kappa shape index (κ3) is 3.58. The maximum absolute atomic E-state index is 11.4. The highest BCUT2D eigenvalue weighted by atomic mass is 32.2. The molecule has 0 bridgehead atoms. The van der Waals surface area contributed by atoms with Crippen LogP contribution >= 0.6 is 0 Å². The van der Waals surface area contributed by atoms with Crippen LogP contribution in [0.1, 0.15) is 6.42 Å². The summed E-state index contributed by atoms with van der Waals surface area (Å²) in [7, 11) is -3.17. The summed E-state index contributed by atoms with van der Waals surface area (Å²) in [5.74, 6) is 0.595. The van der Waals surface area contributed by atoms with Gasteiger partial charge >= 0.3 is 0 Å². The van der Waals surface area contributed by atoms with E-state index >= 15 is 0 Å². The highest BCUT2D eigenvalue weighted by Crippen LogP contribution is 2.18. The normalized spacial score (nSPS) is 16.2. The van der Waals surface area contributed by atoms with Crippen molar-refractivity contribution in [3.05, 3.63) is 35.9 Å². The van der Waals surface area contributed by atoms with E-state index in [2.05, 4.69) is 11.4 Å². The Morgan fingerprint density at radius 1 is 1.39 bits per heavy atom. The van der Waals surface area contributed by atoms with Crippen molar-refractivity contribution in [3.8, 4) is 5.75 Å². The fraction of sp³-hybridized carbons (Fsp3) is 0.385. The van der Waals surface area contributed by atoms with Crippen molar-refractivity contribution in [1.82, 2.24) is 5.32 Å². The Morgan fingerprint density at radius 2 is 2.22 bits per heavy atom. The quantitative estimate of drug-likeness (QED) is 0.838. The van der Waals surface area contributed by atoms with Gasteiger partial charge in [-0.15, -0.1) is 0 Å². The van der Waals surface area contributed by atoms with E-state index < -0.39 is 9.84 Å². The zero-order valence-electron chi connectivity index (χ0n) is 10.3. The van der Waals surface area contributed by atoms with Gasteiger partial charge in [0.25, 0.3) is 0 Å². The van der Waals surface area contributed by atoms with Gasteiger partial charge in [-0.25, -0.2) is 8.42 Å². The van der Waals surface area contributed by atoms with Crippen LogP contribution < -0.4 is 10.1 Å². The Bertz CT molecular complexity index is 549. The van der Waals surface area contributed by atoms with Crippen molar-refractivity contribution in [2.75, 3.05) is 26.0 Å². The lowest BCUT2D eigenvalue weighted by molar-refractivity contribution is 0.343. The van der Waals surface area contributed by atoms with Crippen molar-refractivity contribution in [2.45, 2.75) is 11.3 Å². The van der Waals surface area contributed by atoms with E-state index in [-0.39, 0.29) is 0 Å². The summed E-state index contributed by atoms with van der Waals surface area (Å²) in [6.45, 7) is 2.37. The standard InChI is InChI=1S/C13H17NO3S/c1-18(15,16)13-4-2-3-12(9-13)17-10-11-5-7-14-8-6-11/h2-5,9,14H,6-8,10H2,1H3. The van der Waals surface area contributed by atoms with Gasteiger partial charge in [0, 0.05) is 12.8 Å². The highest BCUT2D eigenvalue weighted by Gasteiger charge is 2.08. The van der Waals surface area contributed by atoms with Crippen LogP contribution in [-0.4, -0.2) is 34.4 Å². The molecular weight excluding hydrogens is 250 g/mol. The average molecular weight is 267 g/mol. The molecule has 4 nitrogen and oxygen atoms in total. The fourth-order valence-corrected chi connectivity index (χ4v) is 2.43. The SMILES string of the molecule is CS(=O)(=O)c1cccc(OCC2=CCNCC2)c1. The minimum Gasteiger partial charge on any atom is -0.489 e. The van der Waals surface area contributed by atoms with E-state index in [9.17, 15) is 8.42 Å². The summed E-state index contributed by atoms with van der Waals surface area (Å²) in [6, 6.07) is 6.61. The van der Waals surface area contributed by atoms with Crippen molar-refractivity contribution >= 4 is 9.84 Å². The molecule has 18 heavy (non-hydrogen) atoms. The van der Waals surface area contributed by atoms with E-state index in [1.54, 1.807) is 24.3 Å². The first-order valence-electron chi connectivity index (χ1n) is 5.87. The molecule has 0 aromatic heterocycles. The van der Waals surface area contributed by atoms with E-state index in [0.29, 0.717) is 17.3 Å². The monoisotopic (exact) mass is 267 g/mol. The Morgan fingerprint density at radius 3 is 2.89 bits per heavy atom. The van der Waals surface area contributed by atoms with Gasteiger partial charge in [0.1, 0.15) is 12.4 Å². The third-order valence-corrected chi connectivity index (χ3v) is 3.93. The number of sulfone groups is 1. The molecule has 2 rings (SSSR count). The Kier molecular flexibility index (Phi) is 4.04. The summed E-state index contributed by atoms with van der Waals surface area (Å²) >= 11 is 0. The van der Waals surface area contributed by atoms with E-state index in [4.69, 9.17) is 4.74 Å². The molecule has 0 radical (unpaired) electrons. The van der Waals surface area contributed by atoms with Crippen molar-refractivity contribution in [3.63, 3.8) is 0 Å². The minimum atomic E-state index is -3.17. The predicted molar refractivity (Wildman–Crippen MR) is 70.6 cm³/mol. The molecule has 1 heterocycles. The number of rotatable bonds is 4. The maximum atomic E-state index is 11.4.